The van der Waals surface area contributed by atoms with Crippen molar-refractivity contribution in [3.63, 3.8) is 0 Å². The molecule has 0 spiro atoms. The smallest absolute Gasteiger partial charge is 0.339 e. The van der Waals surface area contributed by atoms with E-state index in [1.54, 1.807) is 18.2 Å². The van der Waals surface area contributed by atoms with Crippen molar-refractivity contribution < 1.29 is 23.9 Å². The minimum Gasteiger partial charge on any atom is -0.458 e. The Labute approximate surface area is 202 Å². The summed E-state index contributed by atoms with van der Waals surface area (Å²) in [7, 11) is 0. The molecule has 2 aromatic carbocycles. The number of benzene rings is 2. The number of aryl methyl sites for hydroxylation is 2. The fourth-order valence-corrected chi connectivity index (χ4v) is 4.69. The van der Waals surface area contributed by atoms with Gasteiger partial charge in [-0.15, -0.1) is 0 Å². The topological polar surface area (TPSA) is 81.7 Å². The Morgan fingerprint density at radius 1 is 0.941 bits per heavy atom. The largest absolute Gasteiger partial charge is 0.458 e. The van der Waals surface area contributed by atoms with Crippen LogP contribution in [0.15, 0.2) is 42.5 Å². The number of esters is 2. The van der Waals surface area contributed by atoms with Crippen molar-refractivity contribution in [2.24, 2.45) is 17.8 Å². The molecule has 1 aliphatic rings. The number of nitrogens with one attached hydrogen (secondary N) is 1. The average molecular weight is 466 g/mol. The molecule has 2 aromatic rings. The summed E-state index contributed by atoms with van der Waals surface area (Å²) >= 11 is 0. The molecule has 34 heavy (non-hydrogen) atoms. The number of hydrogen-bond donors (Lipinski definition) is 1. The van der Waals surface area contributed by atoms with Gasteiger partial charge < -0.3 is 14.8 Å². The van der Waals surface area contributed by atoms with Gasteiger partial charge in [0, 0.05) is 5.69 Å². The van der Waals surface area contributed by atoms with Gasteiger partial charge in [0.25, 0.3) is 5.91 Å². The van der Waals surface area contributed by atoms with Crippen molar-refractivity contribution in [1.82, 2.24) is 0 Å². The highest BCUT2D eigenvalue weighted by Crippen LogP contribution is 2.36. The molecule has 1 saturated carbocycles. The molecule has 3 atom stereocenters. The molecular formula is C28H35NO5. The molecule has 0 heterocycles. The molecule has 6 nitrogen and oxygen atoms in total. The van der Waals surface area contributed by atoms with Crippen LogP contribution in [0.2, 0.25) is 0 Å². The third-order valence-electron chi connectivity index (χ3n) is 6.67. The fraction of sp³-hybridized carbons (Fsp3) is 0.464. The monoisotopic (exact) mass is 465 g/mol. The molecule has 0 aliphatic heterocycles. The van der Waals surface area contributed by atoms with Gasteiger partial charge in [-0.05, 0) is 67.7 Å². The van der Waals surface area contributed by atoms with E-state index in [4.69, 9.17) is 9.47 Å². The third kappa shape index (κ3) is 6.25. The summed E-state index contributed by atoms with van der Waals surface area (Å²) < 4.78 is 11.2. The van der Waals surface area contributed by atoms with Gasteiger partial charge >= 0.3 is 11.9 Å². The first kappa shape index (κ1) is 25.5. The quantitative estimate of drug-likeness (QED) is 0.529. The normalized spacial score (nSPS) is 20.0. The predicted molar refractivity (Wildman–Crippen MR) is 132 cm³/mol. The highest BCUT2D eigenvalue weighted by Gasteiger charge is 2.34. The van der Waals surface area contributed by atoms with E-state index in [0.29, 0.717) is 23.4 Å². The van der Waals surface area contributed by atoms with Crippen molar-refractivity contribution in [3.8, 4) is 0 Å². The molecule has 1 N–H and O–H groups in total. The minimum absolute atomic E-state index is 0.0947. The number of hydrogen-bond acceptors (Lipinski definition) is 5. The Balaban J connectivity index is 1.66. The highest BCUT2D eigenvalue weighted by molar-refractivity contribution is 6.04. The Morgan fingerprint density at radius 2 is 1.56 bits per heavy atom. The summed E-state index contributed by atoms with van der Waals surface area (Å²) in [4.78, 5) is 38.2. The first-order valence-electron chi connectivity index (χ1n) is 12.0. The number of anilines is 1. The molecule has 0 saturated heterocycles. The lowest BCUT2D eigenvalue weighted by molar-refractivity contribution is -0.119. The molecular weight excluding hydrogens is 430 g/mol. The maximum Gasteiger partial charge on any atom is 0.339 e. The van der Waals surface area contributed by atoms with Crippen LogP contribution in [0.5, 0.6) is 0 Å². The van der Waals surface area contributed by atoms with E-state index in [0.717, 1.165) is 30.4 Å². The van der Waals surface area contributed by atoms with Gasteiger partial charge in [0.1, 0.15) is 6.10 Å². The number of amides is 1. The zero-order valence-electron chi connectivity index (χ0n) is 20.7. The first-order chi connectivity index (χ1) is 16.2. The molecule has 0 aromatic heterocycles. The predicted octanol–water partition coefficient (Wildman–Crippen LogP) is 5.72. The van der Waals surface area contributed by atoms with Crippen LogP contribution < -0.4 is 5.32 Å². The van der Waals surface area contributed by atoms with Crippen LogP contribution in [-0.2, 0) is 14.3 Å². The van der Waals surface area contributed by atoms with Crippen LogP contribution in [0.3, 0.4) is 0 Å². The minimum atomic E-state index is -0.735. The van der Waals surface area contributed by atoms with Gasteiger partial charge in [0.2, 0.25) is 0 Å². The lowest BCUT2D eigenvalue weighted by Crippen LogP contribution is -2.36. The average Bonchev–Trinajstić information content (AvgIpc) is 2.79. The van der Waals surface area contributed by atoms with Crippen LogP contribution in [-0.4, -0.2) is 30.6 Å². The van der Waals surface area contributed by atoms with Gasteiger partial charge in [0.15, 0.2) is 6.61 Å². The molecule has 1 amide bonds. The Morgan fingerprint density at radius 3 is 2.18 bits per heavy atom. The number of ether oxygens (including phenoxy) is 2. The summed E-state index contributed by atoms with van der Waals surface area (Å²) in [5.74, 6) is -0.516. The van der Waals surface area contributed by atoms with Crippen LogP contribution in [0, 0.1) is 31.6 Å². The molecule has 6 heteroatoms. The van der Waals surface area contributed by atoms with Crippen LogP contribution in [0.4, 0.5) is 5.69 Å². The van der Waals surface area contributed by atoms with Crippen molar-refractivity contribution in [1.29, 1.82) is 0 Å². The summed E-state index contributed by atoms with van der Waals surface area (Å²) in [6.45, 7) is 9.81. The molecule has 182 valence electrons. The van der Waals surface area contributed by atoms with Crippen LogP contribution in [0.1, 0.15) is 71.9 Å². The van der Waals surface area contributed by atoms with E-state index in [2.05, 4.69) is 26.1 Å². The second kappa shape index (κ2) is 11.3. The van der Waals surface area contributed by atoms with E-state index in [-0.39, 0.29) is 17.2 Å². The fourth-order valence-electron chi connectivity index (χ4n) is 4.69. The molecule has 0 bridgehead atoms. The second-order valence-electron chi connectivity index (χ2n) is 9.71. The summed E-state index contributed by atoms with van der Waals surface area (Å²) in [5.41, 5.74) is 2.80. The standard InChI is InChI=1S/C28H35NO5/c1-17(2)21-14-13-18(3)15-24(21)34-28(32)23-12-7-6-11-22(23)27(31)33-16-25(30)29-26-19(4)9-8-10-20(26)5/h6-12,17-18,21,24H,13-16H2,1-5H3,(H,29,30)/t18-,21+,24-/m1/s1. The summed E-state index contributed by atoms with van der Waals surface area (Å²) in [6.07, 6.45) is 2.79. The van der Waals surface area contributed by atoms with E-state index < -0.39 is 24.5 Å². The molecule has 1 fully saturated rings. The number of rotatable bonds is 7. The number of carbonyl (C=O) groups excluding carboxylic acids is 3. The van der Waals surface area contributed by atoms with Crippen molar-refractivity contribution >= 4 is 23.5 Å². The van der Waals surface area contributed by atoms with Crippen molar-refractivity contribution in [3.05, 3.63) is 64.7 Å². The molecule has 0 unspecified atom stereocenters. The van der Waals surface area contributed by atoms with Crippen LogP contribution in [0.25, 0.3) is 0 Å². The summed E-state index contributed by atoms with van der Waals surface area (Å²) in [5, 5.41) is 2.79. The van der Waals surface area contributed by atoms with E-state index >= 15 is 0 Å². The van der Waals surface area contributed by atoms with Gasteiger partial charge in [-0.2, -0.15) is 0 Å². The number of carbonyl (C=O) groups is 3. The SMILES string of the molecule is Cc1cccc(C)c1NC(=O)COC(=O)c1ccccc1C(=O)O[C@@H]1C[C@H](C)CC[C@H]1C(C)C. The first-order valence-corrected chi connectivity index (χ1v) is 12.0. The highest BCUT2D eigenvalue weighted by atomic mass is 16.5. The zero-order valence-corrected chi connectivity index (χ0v) is 20.7. The lowest BCUT2D eigenvalue weighted by Gasteiger charge is -2.36. The van der Waals surface area contributed by atoms with Gasteiger partial charge in [-0.25, -0.2) is 9.59 Å². The van der Waals surface area contributed by atoms with Crippen molar-refractivity contribution in [2.45, 2.75) is 60.0 Å². The summed E-state index contributed by atoms with van der Waals surface area (Å²) in [6, 6.07) is 12.1. The van der Waals surface area contributed by atoms with Gasteiger partial charge in [0.05, 0.1) is 11.1 Å². The maximum atomic E-state index is 13.1. The third-order valence-corrected chi connectivity index (χ3v) is 6.67. The number of para-hydroxylation sites is 1. The van der Waals surface area contributed by atoms with Crippen LogP contribution >= 0.6 is 0 Å². The van der Waals surface area contributed by atoms with Gasteiger partial charge in [-0.1, -0.05) is 57.5 Å². The van der Waals surface area contributed by atoms with Gasteiger partial charge in [-0.3, -0.25) is 4.79 Å². The Kier molecular flexibility index (Phi) is 8.48. The molecule has 0 radical (unpaired) electrons. The molecule has 1 aliphatic carbocycles. The van der Waals surface area contributed by atoms with E-state index in [1.807, 2.05) is 32.0 Å². The zero-order chi connectivity index (χ0) is 24.8. The Hall–Kier alpha value is -3.15. The van der Waals surface area contributed by atoms with E-state index in [9.17, 15) is 14.4 Å². The van der Waals surface area contributed by atoms with E-state index in [1.165, 1.54) is 6.07 Å². The van der Waals surface area contributed by atoms with Crippen molar-refractivity contribution in [2.75, 3.05) is 11.9 Å². The molecule has 3 rings (SSSR count). The lowest BCUT2D eigenvalue weighted by atomic mass is 9.75. The second-order valence-corrected chi connectivity index (χ2v) is 9.71. The Bertz CT molecular complexity index is 1020. The maximum absolute atomic E-state index is 13.1.